The number of aryl methyl sites for hydroxylation is 1. The SMILES string of the molecule is Cn1cnc2c(-c3ccc(OC(F)(F)F)cc3)cc(N)c(Br)c21. The molecule has 1 heterocycles. The summed E-state index contributed by atoms with van der Waals surface area (Å²) in [5.74, 6) is -0.274. The molecule has 4 nitrogen and oxygen atoms in total. The highest BCUT2D eigenvalue weighted by molar-refractivity contribution is 9.10. The lowest BCUT2D eigenvalue weighted by Gasteiger charge is -2.11. The number of hydrogen-bond donors (Lipinski definition) is 1. The summed E-state index contributed by atoms with van der Waals surface area (Å²) < 4.78 is 43.1. The lowest BCUT2D eigenvalue weighted by Crippen LogP contribution is -2.16. The van der Waals surface area contributed by atoms with E-state index in [0.717, 1.165) is 15.6 Å². The zero-order chi connectivity index (χ0) is 16.8. The van der Waals surface area contributed by atoms with Crippen molar-refractivity contribution in [1.82, 2.24) is 9.55 Å². The quantitative estimate of drug-likeness (QED) is 0.661. The van der Waals surface area contributed by atoms with Crippen molar-refractivity contribution in [2.45, 2.75) is 6.36 Å². The molecule has 0 spiro atoms. The smallest absolute Gasteiger partial charge is 0.406 e. The topological polar surface area (TPSA) is 53.1 Å². The average Bonchev–Trinajstić information content (AvgIpc) is 2.84. The summed E-state index contributed by atoms with van der Waals surface area (Å²) in [4.78, 5) is 4.34. The molecule has 1 aromatic heterocycles. The Morgan fingerprint density at radius 3 is 2.48 bits per heavy atom. The lowest BCUT2D eigenvalue weighted by molar-refractivity contribution is -0.274. The van der Waals surface area contributed by atoms with Gasteiger partial charge in [0.15, 0.2) is 0 Å². The molecule has 2 aromatic carbocycles. The molecule has 0 bridgehead atoms. The molecular formula is C15H11BrF3N3O. The van der Waals surface area contributed by atoms with E-state index in [1.165, 1.54) is 24.3 Å². The van der Waals surface area contributed by atoms with Crippen LogP contribution in [0.2, 0.25) is 0 Å². The van der Waals surface area contributed by atoms with Gasteiger partial charge in [-0.1, -0.05) is 12.1 Å². The molecule has 0 saturated heterocycles. The summed E-state index contributed by atoms with van der Waals surface area (Å²) in [5, 5.41) is 0. The van der Waals surface area contributed by atoms with E-state index in [9.17, 15) is 13.2 Å². The average molecular weight is 386 g/mol. The fourth-order valence-electron chi connectivity index (χ4n) is 2.37. The number of rotatable bonds is 2. The predicted octanol–water partition coefficient (Wildman–Crippen LogP) is 4.48. The molecule has 0 aliphatic heterocycles. The van der Waals surface area contributed by atoms with Gasteiger partial charge in [0.1, 0.15) is 5.75 Å². The van der Waals surface area contributed by atoms with Crippen molar-refractivity contribution in [3.05, 3.63) is 41.1 Å². The van der Waals surface area contributed by atoms with Crippen LogP contribution in [-0.4, -0.2) is 15.9 Å². The number of nitrogen functional groups attached to an aromatic ring is 1. The second kappa shape index (κ2) is 5.45. The van der Waals surface area contributed by atoms with Crippen LogP contribution in [0.1, 0.15) is 0 Å². The van der Waals surface area contributed by atoms with Gasteiger partial charge in [0.2, 0.25) is 0 Å². The van der Waals surface area contributed by atoms with Gasteiger partial charge >= 0.3 is 6.36 Å². The van der Waals surface area contributed by atoms with Gasteiger partial charge in [0, 0.05) is 18.3 Å². The highest BCUT2D eigenvalue weighted by Crippen LogP contribution is 2.37. The van der Waals surface area contributed by atoms with E-state index in [0.29, 0.717) is 16.8 Å². The van der Waals surface area contributed by atoms with Crippen LogP contribution in [0.4, 0.5) is 18.9 Å². The van der Waals surface area contributed by atoms with E-state index in [2.05, 4.69) is 25.7 Å². The van der Waals surface area contributed by atoms with Crippen molar-refractivity contribution in [2.24, 2.45) is 7.05 Å². The van der Waals surface area contributed by atoms with Crippen molar-refractivity contribution in [2.75, 3.05) is 5.73 Å². The normalized spacial score (nSPS) is 11.9. The van der Waals surface area contributed by atoms with Gasteiger partial charge in [-0.25, -0.2) is 4.98 Å². The predicted molar refractivity (Wildman–Crippen MR) is 84.9 cm³/mol. The standard InChI is InChI=1S/C15H11BrF3N3O/c1-22-7-21-13-10(6-11(20)12(16)14(13)22)8-2-4-9(5-3-8)23-15(17,18)19/h2-7H,20H2,1H3. The van der Waals surface area contributed by atoms with Gasteiger partial charge in [-0.3, -0.25) is 0 Å². The van der Waals surface area contributed by atoms with Crippen LogP contribution in [0.3, 0.4) is 0 Å². The second-order valence-corrected chi connectivity index (χ2v) is 5.75. The Hall–Kier alpha value is -2.22. The molecule has 120 valence electrons. The van der Waals surface area contributed by atoms with Crippen molar-refractivity contribution in [3.63, 3.8) is 0 Å². The monoisotopic (exact) mass is 385 g/mol. The van der Waals surface area contributed by atoms with Crippen LogP contribution in [-0.2, 0) is 7.05 Å². The summed E-state index contributed by atoms with van der Waals surface area (Å²) in [6, 6.07) is 7.33. The summed E-state index contributed by atoms with van der Waals surface area (Å²) in [5.41, 5.74) is 9.48. The second-order valence-electron chi connectivity index (χ2n) is 4.95. The molecule has 3 rings (SSSR count). The van der Waals surface area contributed by atoms with Gasteiger partial charge in [-0.2, -0.15) is 0 Å². The molecule has 8 heteroatoms. The first kappa shape index (κ1) is 15.7. The summed E-state index contributed by atoms with van der Waals surface area (Å²) in [7, 11) is 1.84. The van der Waals surface area contributed by atoms with Crippen LogP contribution >= 0.6 is 15.9 Å². The molecule has 0 aliphatic carbocycles. The molecule has 0 atom stereocenters. The molecule has 0 radical (unpaired) electrons. The highest BCUT2D eigenvalue weighted by Gasteiger charge is 2.31. The first-order valence-corrected chi connectivity index (χ1v) is 7.31. The zero-order valence-electron chi connectivity index (χ0n) is 11.9. The van der Waals surface area contributed by atoms with Crippen LogP contribution in [0, 0.1) is 0 Å². The van der Waals surface area contributed by atoms with Crippen LogP contribution in [0.15, 0.2) is 41.1 Å². The van der Waals surface area contributed by atoms with E-state index in [4.69, 9.17) is 5.73 Å². The number of imidazole rings is 1. The number of benzene rings is 2. The van der Waals surface area contributed by atoms with Crippen molar-refractivity contribution < 1.29 is 17.9 Å². The molecule has 0 amide bonds. The van der Waals surface area contributed by atoms with Crippen molar-refractivity contribution in [3.8, 4) is 16.9 Å². The fourth-order valence-corrected chi connectivity index (χ4v) is 2.95. The maximum atomic E-state index is 12.2. The minimum Gasteiger partial charge on any atom is -0.406 e. The van der Waals surface area contributed by atoms with Crippen LogP contribution in [0.25, 0.3) is 22.2 Å². The van der Waals surface area contributed by atoms with Gasteiger partial charge in [0.05, 0.1) is 21.8 Å². The zero-order valence-corrected chi connectivity index (χ0v) is 13.4. The van der Waals surface area contributed by atoms with Crippen molar-refractivity contribution >= 4 is 32.7 Å². The number of fused-ring (bicyclic) bond motifs is 1. The first-order valence-electron chi connectivity index (χ1n) is 6.51. The van der Waals surface area contributed by atoms with E-state index in [-0.39, 0.29) is 5.75 Å². The minimum atomic E-state index is -4.71. The number of halogens is 4. The molecule has 23 heavy (non-hydrogen) atoms. The minimum absolute atomic E-state index is 0.274. The Balaban J connectivity index is 2.09. The number of aromatic nitrogens is 2. The van der Waals surface area contributed by atoms with E-state index >= 15 is 0 Å². The maximum Gasteiger partial charge on any atom is 0.573 e. The Bertz CT molecular complexity index is 872. The molecule has 0 aliphatic rings. The molecule has 0 fully saturated rings. The first-order chi connectivity index (χ1) is 10.8. The molecule has 0 saturated carbocycles. The largest absolute Gasteiger partial charge is 0.573 e. The number of anilines is 1. The van der Waals surface area contributed by atoms with E-state index < -0.39 is 6.36 Å². The number of hydrogen-bond acceptors (Lipinski definition) is 3. The number of nitrogens with two attached hydrogens (primary N) is 1. The summed E-state index contributed by atoms with van der Waals surface area (Å²) in [6.07, 6.45) is -3.06. The van der Waals surface area contributed by atoms with E-state index in [1.807, 2.05) is 11.6 Å². The number of ether oxygens (including phenoxy) is 1. The summed E-state index contributed by atoms with van der Waals surface area (Å²) in [6.45, 7) is 0. The maximum absolute atomic E-state index is 12.2. The third-order valence-corrected chi connectivity index (χ3v) is 4.19. The Kier molecular flexibility index (Phi) is 3.71. The van der Waals surface area contributed by atoms with Crippen LogP contribution < -0.4 is 10.5 Å². The third-order valence-electron chi connectivity index (χ3n) is 3.35. The lowest BCUT2D eigenvalue weighted by atomic mass is 10.0. The number of nitrogens with zero attached hydrogens (tertiary/aromatic N) is 2. The Morgan fingerprint density at radius 2 is 1.87 bits per heavy atom. The summed E-state index contributed by atoms with van der Waals surface area (Å²) >= 11 is 3.43. The Morgan fingerprint density at radius 1 is 1.22 bits per heavy atom. The molecule has 0 unspecified atom stereocenters. The third kappa shape index (κ3) is 2.98. The number of alkyl halides is 3. The van der Waals surface area contributed by atoms with Gasteiger partial charge in [0.25, 0.3) is 0 Å². The fraction of sp³-hybridized carbons (Fsp3) is 0.133. The molecule has 3 aromatic rings. The van der Waals surface area contributed by atoms with Gasteiger partial charge < -0.3 is 15.0 Å². The molecular weight excluding hydrogens is 375 g/mol. The highest BCUT2D eigenvalue weighted by atomic mass is 79.9. The van der Waals surface area contributed by atoms with Gasteiger partial charge in [-0.15, -0.1) is 13.2 Å². The van der Waals surface area contributed by atoms with Crippen LogP contribution in [0.5, 0.6) is 5.75 Å². The van der Waals surface area contributed by atoms with E-state index in [1.54, 1.807) is 12.4 Å². The van der Waals surface area contributed by atoms with Gasteiger partial charge in [-0.05, 0) is 39.7 Å². The molecule has 2 N–H and O–H groups in total. The van der Waals surface area contributed by atoms with Crippen molar-refractivity contribution in [1.29, 1.82) is 0 Å². The Labute approximate surface area is 137 Å².